The molecule has 0 radical (unpaired) electrons. The van der Waals surface area contributed by atoms with Crippen LogP contribution in [0.4, 0.5) is 5.69 Å². The van der Waals surface area contributed by atoms with Gasteiger partial charge in [-0.2, -0.15) is 0 Å². The molecule has 1 aliphatic rings. The van der Waals surface area contributed by atoms with Crippen LogP contribution in [0.3, 0.4) is 0 Å². The average molecular weight is 590 g/mol. The van der Waals surface area contributed by atoms with Crippen molar-refractivity contribution >= 4 is 17.6 Å². The first kappa shape index (κ1) is 33.3. The number of hydrogen-bond donors (Lipinski definition) is 3. The van der Waals surface area contributed by atoms with Crippen molar-refractivity contribution in [3.63, 3.8) is 0 Å². The number of aromatic carboxylic acids is 2. The van der Waals surface area contributed by atoms with Crippen LogP contribution in [-0.4, -0.2) is 127 Å². The first-order chi connectivity index (χ1) is 20.3. The fourth-order valence-electron chi connectivity index (χ4n) is 4.30. The van der Waals surface area contributed by atoms with Gasteiger partial charge in [0, 0.05) is 51.0 Å². The molecule has 3 rings (SSSR count). The molecule has 0 aromatic carbocycles. The molecule has 0 unspecified atom stereocenters. The van der Waals surface area contributed by atoms with Gasteiger partial charge >= 0.3 is 11.9 Å². The van der Waals surface area contributed by atoms with E-state index in [0.29, 0.717) is 104 Å². The van der Waals surface area contributed by atoms with Crippen LogP contribution in [0.25, 0.3) is 0 Å². The van der Waals surface area contributed by atoms with Crippen LogP contribution in [-0.2, 0) is 32.0 Å². The number of hydrogen-bond acceptors (Lipinski definition) is 11. The van der Waals surface area contributed by atoms with Crippen LogP contribution < -0.4 is 5.32 Å². The molecule has 42 heavy (non-hydrogen) atoms. The summed E-state index contributed by atoms with van der Waals surface area (Å²) in [5.74, 6) is -2.12. The second-order valence-electron chi connectivity index (χ2n) is 10.2. The summed E-state index contributed by atoms with van der Waals surface area (Å²) in [6.07, 6.45) is 0. The second kappa shape index (κ2) is 18.4. The zero-order valence-corrected chi connectivity index (χ0v) is 24.5. The van der Waals surface area contributed by atoms with Gasteiger partial charge in [0.05, 0.1) is 64.2 Å². The van der Waals surface area contributed by atoms with Crippen LogP contribution in [0, 0.1) is 0 Å². The molecule has 1 saturated heterocycles. The normalized spacial score (nSPS) is 17.8. The first-order valence-corrected chi connectivity index (χ1v) is 14.3. The Labute approximate surface area is 246 Å². The molecule has 0 aliphatic carbocycles. The number of aromatic nitrogens is 2. The van der Waals surface area contributed by atoms with Crippen molar-refractivity contribution in [3.8, 4) is 0 Å². The third-order valence-electron chi connectivity index (χ3n) is 6.30. The van der Waals surface area contributed by atoms with Crippen molar-refractivity contribution in [2.24, 2.45) is 0 Å². The lowest BCUT2D eigenvalue weighted by Gasteiger charge is -2.24. The number of ether oxygens (including phenoxy) is 4. The third-order valence-corrected chi connectivity index (χ3v) is 6.30. The zero-order valence-electron chi connectivity index (χ0n) is 24.5. The van der Waals surface area contributed by atoms with Gasteiger partial charge in [0.25, 0.3) is 0 Å². The Kier molecular flexibility index (Phi) is 14.6. The van der Waals surface area contributed by atoms with E-state index in [1.54, 1.807) is 12.1 Å². The number of carbonyl (C=O) groups is 2. The maximum absolute atomic E-state index is 11.6. The standard InChI is InChI=1S/C29H43N5O8/c1-22(2)30-24-18-25(32-27(19-24)29(37)38)21-34-8-12-41-16-14-39-10-6-33(7-11-40-15-17-42-13-9-34)20-23-4-3-5-26(31-23)28(35)36/h3-5,18-19,22H,6-17,20-21H2,1-2H3,(H,30,32)(H,35,36)(H,37,38). The highest BCUT2D eigenvalue weighted by Crippen LogP contribution is 2.15. The fourth-order valence-corrected chi connectivity index (χ4v) is 4.30. The highest BCUT2D eigenvalue weighted by molar-refractivity contribution is 5.86. The van der Waals surface area contributed by atoms with Crippen LogP contribution >= 0.6 is 0 Å². The molecule has 0 bridgehead atoms. The number of nitrogens with zero attached hydrogens (tertiary/aromatic N) is 4. The lowest BCUT2D eigenvalue weighted by atomic mass is 10.2. The number of pyridine rings is 2. The summed E-state index contributed by atoms with van der Waals surface area (Å²) in [7, 11) is 0. The molecule has 3 heterocycles. The van der Waals surface area contributed by atoms with Gasteiger partial charge in [-0.15, -0.1) is 0 Å². The van der Waals surface area contributed by atoms with E-state index in [1.165, 1.54) is 6.07 Å². The van der Waals surface area contributed by atoms with Crippen molar-refractivity contribution in [1.82, 2.24) is 19.8 Å². The van der Waals surface area contributed by atoms with Crippen molar-refractivity contribution in [1.29, 1.82) is 0 Å². The van der Waals surface area contributed by atoms with Crippen LogP contribution in [0.15, 0.2) is 30.3 Å². The number of anilines is 1. The molecule has 0 spiro atoms. The number of carboxylic acids is 2. The van der Waals surface area contributed by atoms with Crippen molar-refractivity contribution in [2.45, 2.75) is 33.0 Å². The van der Waals surface area contributed by atoms with E-state index in [-0.39, 0.29) is 17.4 Å². The van der Waals surface area contributed by atoms with Gasteiger partial charge in [-0.1, -0.05) is 6.07 Å². The fraction of sp³-hybridized carbons (Fsp3) is 0.586. The summed E-state index contributed by atoms with van der Waals surface area (Å²) >= 11 is 0. The van der Waals surface area contributed by atoms with E-state index in [9.17, 15) is 19.8 Å². The monoisotopic (exact) mass is 589 g/mol. The van der Waals surface area contributed by atoms with Gasteiger partial charge in [0.15, 0.2) is 5.69 Å². The van der Waals surface area contributed by atoms with E-state index in [4.69, 9.17) is 18.9 Å². The lowest BCUT2D eigenvalue weighted by molar-refractivity contribution is 0.00597. The molecule has 13 heteroatoms. The lowest BCUT2D eigenvalue weighted by Crippen LogP contribution is -2.33. The minimum Gasteiger partial charge on any atom is -0.477 e. The van der Waals surface area contributed by atoms with Crippen LogP contribution in [0.1, 0.15) is 46.2 Å². The number of rotatable bonds is 8. The quantitative estimate of drug-likeness (QED) is 0.412. The Bertz CT molecular complexity index is 1100. The predicted octanol–water partition coefficient (Wildman–Crippen LogP) is 2.08. The minimum absolute atomic E-state index is 0.00226. The topological polar surface area (TPSA) is 156 Å². The van der Waals surface area contributed by atoms with Crippen molar-refractivity contribution in [2.75, 3.05) is 84.4 Å². The maximum Gasteiger partial charge on any atom is 0.354 e. The van der Waals surface area contributed by atoms with E-state index < -0.39 is 11.9 Å². The largest absolute Gasteiger partial charge is 0.477 e. The second-order valence-corrected chi connectivity index (χ2v) is 10.2. The minimum atomic E-state index is -1.07. The first-order valence-electron chi connectivity index (χ1n) is 14.3. The Morgan fingerprint density at radius 3 is 1.69 bits per heavy atom. The third kappa shape index (κ3) is 12.8. The van der Waals surface area contributed by atoms with E-state index in [0.717, 1.165) is 5.69 Å². The Hall–Kier alpha value is -3.20. The van der Waals surface area contributed by atoms with Gasteiger partial charge in [0.2, 0.25) is 0 Å². The summed E-state index contributed by atoms with van der Waals surface area (Å²) in [6, 6.07) is 8.56. The summed E-state index contributed by atoms with van der Waals surface area (Å²) in [5.41, 5.74) is 2.07. The van der Waals surface area contributed by atoms with Crippen LogP contribution in [0.2, 0.25) is 0 Å². The number of carboxylic acid groups (broad SMARTS) is 2. The van der Waals surface area contributed by atoms with E-state index >= 15 is 0 Å². The smallest absolute Gasteiger partial charge is 0.354 e. The molecular weight excluding hydrogens is 546 g/mol. The predicted molar refractivity (Wildman–Crippen MR) is 155 cm³/mol. The average Bonchev–Trinajstić information content (AvgIpc) is 2.94. The summed E-state index contributed by atoms with van der Waals surface area (Å²) in [4.78, 5) is 35.7. The summed E-state index contributed by atoms with van der Waals surface area (Å²) in [5, 5.41) is 22.0. The number of nitrogens with one attached hydrogen (secondary N) is 1. The van der Waals surface area contributed by atoms with Gasteiger partial charge in [0.1, 0.15) is 5.69 Å². The molecule has 3 N–H and O–H groups in total. The molecule has 2 aromatic heterocycles. The maximum atomic E-state index is 11.6. The molecule has 2 aromatic rings. The van der Waals surface area contributed by atoms with Crippen molar-refractivity contribution in [3.05, 3.63) is 53.1 Å². The summed E-state index contributed by atoms with van der Waals surface area (Å²) in [6.45, 7) is 11.1. The highest BCUT2D eigenvalue weighted by Gasteiger charge is 2.14. The molecule has 0 saturated carbocycles. The van der Waals surface area contributed by atoms with Gasteiger partial charge in [-0.25, -0.2) is 19.6 Å². The Morgan fingerprint density at radius 1 is 0.738 bits per heavy atom. The zero-order chi connectivity index (χ0) is 30.2. The molecule has 232 valence electrons. The molecule has 0 amide bonds. The van der Waals surface area contributed by atoms with Crippen LogP contribution in [0.5, 0.6) is 0 Å². The molecule has 13 nitrogen and oxygen atoms in total. The molecule has 1 fully saturated rings. The van der Waals surface area contributed by atoms with E-state index in [1.807, 2.05) is 26.0 Å². The highest BCUT2D eigenvalue weighted by atomic mass is 16.5. The van der Waals surface area contributed by atoms with Gasteiger partial charge in [-0.3, -0.25) is 9.80 Å². The van der Waals surface area contributed by atoms with Crippen molar-refractivity contribution < 1.29 is 38.7 Å². The molecule has 1 aliphatic heterocycles. The Morgan fingerprint density at radius 2 is 1.21 bits per heavy atom. The summed E-state index contributed by atoms with van der Waals surface area (Å²) < 4.78 is 23.2. The SMILES string of the molecule is CC(C)Nc1cc(CN2CCOCCOCCN(Cc3cccc(C(=O)O)n3)CCOCCOCC2)nc(C(=O)O)c1. The van der Waals surface area contributed by atoms with Gasteiger partial charge in [-0.05, 0) is 38.1 Å². The Balaban J connectivity index is 1.53. The van der Waals surface area contributed by atoms with Gasteiger partial charge < -0.3 is 34.5 Å². The molecule has 0 atom stereocenters. The van der Waals surface area contributed by atoms with E-state index in [2.05, 4.69) is 25.1 Å². The molecular formula is C29H43N5O8.